The number of fused-ring (bicyclic) bond motifs is 1. The van der Waals surface area contributed by atoms with E-state index in [1.165, 1.54) is 16.0 Å². The van der Waals surface area contributed by atoms with Crippen LogP contribution in [0, 0.1) is 6.92 Å². The highest BCUT2D eigenvalue weighted by molar-refractivity contribution is 7.15. The number of nitrogens with one attached hydrogen (secondary N) is 1. The Bertz CT molecular complexity index is 621. The van der Waals surface area contributed by atoms with Gasteiger partial charge in [0.25, 0.3) is 0 Å². The summed E-state index contributed by atoms with van der Waals surface area (Å²) in [7, 11) is 0. The van der Waals surface area contributed by atoms with E-state index in [2.05, 4.69) is 44.3 Å². The van der Waals surface area contributed by atoms with E-state index in [1.54, 1.807) is 11.3 Å². The van der Waals surface area contributed by atoms with Crippen molar-refractivity contribution in [2.24, 2.45) is 0 Å². The van der Waals surface area contributed by atoms with Crippen molar-refractivity contribution in [2.45, 2.75) is 33.2 Å². The van der Waals surface area contributed by atoms with Crippen molar-refractivity contribution >= 4 is 11.3 Å². The smallest absolute Gasteiger partial charge is 0.123 e. The van der Waals surface area contributed by atoms with Gasteiger partial charge in [0.2, 0.25) is 0 Å². The standard InChI is InChI=1S/C16H20N2OS/c1-4-17-10(2)15-11(3)18-16(20-15)13-5-6-14-12(9-13)7-8-19-14/h5-6,9-10,17H,4,7-8H2,1-3H3. The minimum absolute atomic E-state index is 0.365. The molecule has 1 aliphatic rings. The van der Waals surface area contributed by atoms with Gasteiger partial charge in [0.15, 0.2) is 0 Å². The first kappa shape index (κ1) is 13.6. The molecule has 0 fully saturated rings. The van der Waals surface area contributed by atoms with Crippen molar-refractivity contribution in [2.75, 3.05) is 13.2 Å². The van der Waals surface area contributed by atoms with Crippen LogP contribution in [-0.2, 0) is 6.42 Å². The van der Waals surface area contributed by atoms with Gasteiger partial charge in [-0.05, 0) is 44.2 Å². The third kappa shape index (κ3) is 2.45. The summed E-state index contributed by atoms with van der Waals surface area (Å²) >= 11 is 1.79. The lowest BCUT2D eigenvalue weighted by atomic mass is 10.1. The Morgan fingerprint density at radius 3 is 3.10 bits per heavy atom. The lowest BCUT2D eigenvalue weighted by Crippen LogP contribution is -2.17. The summed E-state index contributed by atoms with van der Waals surface area (Å²) < 4.78 is 5.56. The van der Waals surface area contributed by atoms with Crippen LogP contribution in [-0.4, -0.2) is 18.1 Å². The molecule has 0 radical (unpaired) electrons. The maximum Gasteiger partial charge on any atom is 0.123 e. The van der Waals surface area contributed by atoms with Crippen LogP contribution in [0.2, 0.25) is 0 Å². The zero-order chi connectivity index (χ0) is 14.1. The Labute approximate surface area is 124 Å². The molecule has 3 rings (SSSR count). The van der Waals surface area contributed by atoms with Crippen LogP contribution in [0.15, 0.2) is 18.2 Å². The van der Waals surface area contributed by atoms with Crippen molar-refractivity contribution in [1.82, 2.24) is 10.3 Å². The highest BCUT2D eigenvalue weighted by Gasteiger charge is 2.17. The molecule has 0 saturated heterocycles. The fraction of sp³-hybridized carbons (Fsp3) is 0.438. The second-order valence-electron chi connectivity index (χ2n) is 5.17. The molecule has 0 aliphatic carbocycles. The maximum absolute atomic E-state index is 5.56. The number of benzene rings is 1. The molecule has 1 atom stereocenters. The van der Waals surface area contributed by atoms with Gasteiger partial charge < -0.3 is 10.1 Å². The topological polar surface area (TPSA) is 34.1 Å². The van der Waals surface area contributed by atoms with Gasteiger partial charge >= 0.3 is 0 Å². The second kappa shape index (κ2) is 5.54. The first-order valence-corrected chi connectivity index (χ1v) is 7.97. The van der Waals surface area contributed by atoms with E-state index in [4.69, 9.17) is 9.72 Å². The van der Waals surface area contributed by atoms with E-state index in [9.17, 15) is 0 Å². The molecule has 0 amide bonds. The van der Waals surface area contributed by atoms with E-state index in [-0.39, 0.29) is 0 Å². The molecule has 0 saturated carbocycles. The Hall–Kier alpha value is -1.39. The monoisotopic (exact) mass is 288 g/mol. The number of ether oxygens (including phenoxy) is 1. The van der Waals surface area contributed by atoms with Gasteiger partial charge in [0.05, 0.1) is 12.3 Å². The highest BCUT2D eigenvalue weighted by Crippen LogP contribution is 2.35. The fourth-order valence-corrected chi connectivity index (χ4v) is 3.74. The van der Waals surface area contributed by atoms with Crippen molar-refractivity contribution in [1.29, 1.82) is 0 Å². The minimum atomic E-state index is 0.365. The number of aromatic nitrogens is 1. The van der Waals surface area contributed by atoms with E-state index in [0.717, 1.165) is 36.0 Å². The summed E-state index contributed by atoms with van der Waals surface area (Å²) in [5.41, 5.74) is 3.64. The number of rotatable bonds is 4. The summed E-state index contributed by atoms with van der Waals surface area (Å²) in [5.74, 6) is 1.03. The molecule has 1 unspecified atom stereocenters. The van der Waals surface area contributed by atoms with Crippen LogP contribution in [0.5, 0.6) is 5.75 Å². The van der Waals surface area contributed by atoms with Crippen LogP contribution < -0.4 is 10.1 Å². The number of thiazole rings is 1. The quantitative estimate of drug-likeness (QED) is 0.931. The Kier molecular flexibility index (Phi) is 3.76. The van der Waals surface area contributed by atoms with Gasteiger partial charge in [0.1, 0.15) is 10.8 Å². The predicted molar refractivity (Wildman–Crippen MR) is 83.6 cm³/mol. The second-order valence-corrected chi connectivity index (χ2v) is 6.20. The fourth-order valence-electron chi connectivity index (χ4n) is 2.65. The molecule has 106 valence electrons. The molecule has 3 nitrogen and oxygen atoms in total. The van der Waals surface area contributed by atoms with Crippen LogP contribution in [0.1, 0.15) is 36.0 Å². The van der Waals surface area contributed by atoms with E-state index in [1.807, 2.05) is 0 Å². The lowest BCUT2D eigenvalue weighted by Gasteiger charge is -2.09. The number of aryl methyl sites for hydroxylation is 1. The third-order valence-corrected chi connectivity index (χ3v) is 5.06. The first-order valence-electron chi connectivity index (χ1n) is 7.16. The molecule has 2 heterocycles. The van der Waals surface area contributed by atoms with Gasteiger partial charge in [-0.25, -0.2) is 4.98 Å². The van der Waals surface area contributed by atoms with E-state index < -0.39 is 0 Å². The summed E-state index contributed by atoms with van der Waals surface area (Å²) in [6, 6.07) is 6.78. The molecule has 2 aromatic rings. The highest BCUT2D eigenvalue weighted by atomic mass is 32.1. The van der Waals surface area contributed by atoms with E-state index in [0.29, 0.717) is 6.04 Å². The van der Waals surface area contributed by atoms with Gasteiger partial charge in [-0.3, -0.25) is 0 Å². The summed E-state index contributed by atoms with van der Waals surface area (Å²) in [4.78, 5) is 6.08. The molecular weight excluding hydrogens is 268 g/mol. The molecule has 1 aliphatic heterocycles. The average Bonchev–Trinajstić information content (AvgIpc) is 3.04. The van der Waals surface area contributed by atoms with Crippen molar-refractivity contribution in [3.05, 3.63) is 34.3 Å². The maximum atomic E-state index is 5.56. The Balaban J connectivity index is 1.93. The molecule has 4 heteroatoms. The van der Waals surface area contributed by atoms with Gasteiger partial charge in [0, 0.05) is 22.9 Å². The third-order valence-electron chi connectivity index (χ3n) is 3.67. The Morgan fingerprint density at radius 2 is 2.30 bits per heavy atom. The SMILES string of the molecule is CCNC(C)c1sc(-c2ccc3c(c2)CCO3)nc1C. The number of hydrogen-bond donors (Lipinski definition) is 1. The molecule has 1 aromatic carbocycles. The zero-order valence-electron chi connectivity index (χ0n) is 12.2. The van der Waals surface area contributed by atoms with E-state index >= 15 is 0 Å². The molecule has 1 aromatic heterocycles. The normalized spacial score (nSPS) is 14.9. The van der Waals surface area contributed by atoms with Gasteiger partial charge in [-0.15, -0.1) is 11.3 Å². The number of nitrogens with zero attached hydrogens (tertiary/aromatic N) is 1. The van der Waals surface area contributed by atoms with Gasteiger partial charge in [-0.2, -0.15) is 0 Å². The summed E-state index contributed by atoms with van der Waals surface area (Å²) in [6.07, 6.45) is 1.01. The minimum Gasteiger partial charge on any atom is -0.493 e. The summed E-state index contributed by atoms with van der Waals surface area (Å²) in [5, 5.41) is 4.57. The first-order chi connectivity index (χ1) is 9.69. The molecule has 0 spiro atoms. The molecule has 1 N–H and O–H groups in total. The van der Waals surface area contributed by atoms with Crippen LogP contribution in [0.3, 0.4) is 0 Å². The van der Waals surface area contributed by atoms with Gasteiger partial charge in [-0.1, -0.05) is 6.92 Å². The largest absolute Gasteiger partial charge is 0.493 e. The predicted octanol–water partition coefficient (Wildman–Crippen LogP) is 3.72. The summed E-state index contributed by atoms with van der Waals surface area (Å²) in [6.45, 7) is 8.21. The number of hydrogen-bond acceptors (Lipinski definition) is 4. The van der Waals surface area contributed by atoms with Crippen molar-refractivity contribution in [3.8, 4) is 16.3 Å². The average molecular weight is 288 g/mol. The van der Waals surface area contributed by atoms with Crippen LogP contribution in [0.4, 0.5) is 0 Å². The molecule has 20 heavy (non-hydrogen) atoms. The van der Waals surface area contributed by atoms with Crippen molar-refractivity contribution in [3.63, 3.8) is 0 Å². The lowest BCUT2D eigenvalue weighted by molar-refractivity contribution is 0.357. The van der Waals surface area contributed by atoms with Crippen molar-refractivity contribution < 1.29 is 4.74 Å². The Morgan fingerprint density at radius 1 is 1.45 bits per heavy atom. The zero-order valence-corrected chi connectivity index (χ0v) is 13.0. The van der Waals surface area contributed by atoms with Crippen LogP contribution in [0.25, 0.3) is 10.6 Å². The van der Waals surface area contributed by atoms with Crippen LogP contribution >= 0.6 is 11.3 Å². The molecular formula is C16H20N2OS. The molecule has 0 bridgehead atoms.